The first-order valence-corrected chi connectivity index (χ1v) is 7.61. The molecule has 0 radical (unpaired) electrons. The molecule has 2 aromatic rings. The van der Waals surface area contributed by atoms with Crippen LogP contribution >= 0.6 is 11.3 Å². The van der Waals surface area contributed by atoms with E-state index in [4.69, 9.17) is 4.74 Å². The molecular formula is C16H19NO3S. The van der Waals surface area contributed by atoms with Crippen molar-refractivity contribution >= 4 is 17.3 Å². The Balaban J connectivity index is 2.08. The number of hydrogen-bond acceptors (Lipinski definition) is 5. The normalized spacial score (nSPS) is 12.1. The second-order valence-corrected chi connectivity index (χ2v) is 5.79. The van der Waals surface area contributed by atoms with Crippen molar-refractivity contribution in [3.8, 4) is 5.75 Å². The minimum Gasteiger partial charge on any atom is -0.507 e. The van der Waals surface area contributed by atoms with Gasteiger partial charge in [-0.05, 0) is 23.9 Å². The Morgan fingerprint density at radius 2 is 2.19 bits per heavy atom. The molecule has 0 amide bonds. The van der Waals surface area contributed by atoms with Gasteiger partial charge in [-0.3, -0.25) is 4.79 Å². The van der Waals surface area contributed by atoms with Gasteiger partial charge in [-0.1, -0.05) is 24.3 Å². The minimum absolute atomic E-state index is 0.114. The molecule has 4 nitrogen and oxygen atoms in total. The third-order valence-corrected chi connectivity index (χ3v) is 4.33. The number of esters is 1. The summed E-state index contributed by atoms with van der Waals surface area (Å²) >= 11 is 1.59. The van der Waals surface area contributed by atoms with Gasteiger partial charge in [0, 0.05) is 17.0 Å². The van der Waals surface area contributed by atoms with Crippen LogP contribution in [0.4, 0.5) is 0 Å². The lowest BCUT2D eigenvalue weighted by molar-refractivity contribution is -0.141. The number of aryl methyl sites for hydroxylation is 1. The van der Waals surface area contributed by atoms with E-state index in [2.05, 4.69) is 5.32 Å². The number of carbonyl (C=O) groups is 1. The lowest BCUT2D eigenvalue weighted by Crippen LogP contribution is -2.23. The van der Waals surface area contributed by atoms with Crippen LogP contribution in [0, 0.1) is 6.92 Å². The number of aromatic hydroxyl groups is 1. The second kappa shape index (κ2) is 7.24. The minimum atomic E-state index is -0.255. The topological polar surface area (TPSA) is 58.6 Å². The van der Waals surface area contributed by atoms with Gasteiger partial charge in [0.05, 0.1) is 19.6 Å². The molecule has 1 aromatic heterocycles. The Labute approximate surface area is 128 Å². The van der Waals surface area contributed by atoms with E-state index in [1.165, 1.54) is 7.11 Å². The van der Waals surface area contributed by atoms with Crippen molar-refractivity contribution in [1.82, 2.24) is 5.32 Å². The van der Waals surface area contributed by atoms with E-state index in [0.717, 1.165) is 16.0 Å². The first-order chi connectivity index (χ1) is 10.1. The maximum Gasteiger partial charge on any atom is 0.307 e. The van der Waals surface area contributed by atoms with Crippen molar-refractivity contribution in [2.24, 2.45) is 0 Å². The van der Waals surface area contributed by atoms with Crippen LogP contribution in [0.1, 0.15) is 28.5 Å². The van der Waals surface area contributed by atoms with Crippen molar-refractivity contribution in [3.63, 3.8) is 0 Å². The van der Waals surface area contributed by atoms with Crippen LogP contribution in [0.3, 0.4) is 0 Å². The first-order valence-electron chi connectivity index (χ1n) is 6.73. The number of ether oxygens (including phenoxy) is 1. The summed E-state index contributed by atoms with van der Waals surface area (Å²) in [6, 6.07) is 9.48. The van der Waals surface area contributed by atoms with Gasteiger partial charge in [0.25, 0.3) is 0 Å². The zero-order chi connectivity index (χ0) is 15.2. The molecular weight excluding hydrogens is 286 g/mol. The van der Waals surface area contributed by atoms with E-state index >= 15 is 0 Å². The second-order valence-electron chi connectivity index (χ2n) is 4.81. The Kier molecular flexibility index (Phi) is 5.36. The molecule has 0 aliphatic heterocycles. The van der Waals surface area contributed by atoms with Gasteiger partial charge in [-0.15, -0.1) is 11.3 Å². The standard InChI is InChI=1S/C16H19NO3S/c1-11-5-3-6-12(16(11)19)10-17-13(9-15(18)20-2)14-7-4-8-21-14/h3-8,13,17,19H,9-10H2,1-2H3. The van der Waals surface area contributed by atoms with Crippen LogP contribution in [0.2, 0.25) is 0 Å². The Hall–Kier alpha value is -1.85. The van der Waals surface area contributed by atoms with Gasteiger partial charge in [-0.2, -0.15) is 0 Å². The summed E-state index contributed by atoms with van der Waals surface area (Å²) in [6.07, 6.45) is 0.267. The monoisotopic (exact) mass is 305 g/mol. The molecule has 21 heavy (non-hydrogen) atoms. The molecule has 112 valence electrons. The SMILES string of the molecule is COC(=O)CC(NCc1cccc(C)c1O)c1cccs1. The smallest absolute Gasteiger partial charge is 0.307 e. The van der Waals surface area contributed by atoms with Crippen LogP contribution in [-0.4, -0.2) is 18.2 Å². The number of methoxy groups -OCH3 is 1. The fourth-order valence-corrected chi connectivity index (χ4v) is 2.91. The van der Waals surface area contributed by atoms with Gasteiger partial charge in [0.2, 0.25) is 0 Å². The summed E-state index contributed by atoms with van der Waals surface area (Å²) in [5.74, 6) is 0.0439. The molecule has 0 saturated carbocycles. The average Bonchev–Trinajstić information content (AvgIpc) is 3.01. The van der Waals surface area contributed by atoms with E-state index in [0.29, 0.717) is 12.3 Å². The zero-order valence-corrected chi connectivity index (χ0v) is 12.9. The fraction of sp³-hybridized carbons (Fsp3) is 0.312. The number of phenolic OH excluding ortho intramolecular Hbond substituents is 1. The maximum absolute atomic E-state index is 11.5. The average molecular weight is 305 g/mol. The summed E-state index contributed by atoms with van der Waals surface area (Å²) in [5, 5.41) is 15.3. The largest absolute Gasteiger partial charge is 0.507 e. The van der Waals surface area contributed by atoms with Crippen LogP contribution in [-0.2, 0) is 16.1 Å². The molecule has 1 unspecified atom stereocenters. The highest BCUT2D eigenvalue weighted by molar-refractivity contribution is 7.10. The van der Waals surface area contributed by atoms with E-state index in [1.54, 1.807) is 11.3 Å². The van der Waals surface area contributed by atoms with Gasteiger partial charge >= 0.3 is 5.97 Å². The number of rotatable bonds is 6. The quantitative estimate of drug-likeness (QED) is 0.805. The van der Waals surface area contributed by atoms with E-state index in [9.17, 15) is 9.90 Å². The zero-order valence-electron chi connectivity index (χ0n) is 12.1. The molecule has 0 bridgehead atoms. The number of thiophene rings is 1. The Bertz CT molecular complexity index is 596. The highest BCUT2D eigenvalue weighted by Gasteiger charge is 2.17. The number of nitrogens with one attached hydrogen (secondary N) is 1. The van der Waals surface area contributed by atoms with Crippen molar-refractivity contribution in [2.45, 2.75) is 25.9 Å². The summed E-state index contributed by atoms with van der Waals surface area (Å²) in [4.78, 5) is 12.6. The summed E-state index contributed by atoms with van der Waals surface area (Å²) in [7, 11) is 1.39. The van der Waals surface area contributed by atoms with Gasteiger partial charge in [0.15, 0.2) is 0 Å². The number of benzene rings is 1. The van der Waals surface area contributed by atoms with Gasteiger partial charge in [0.1, 0.15) is 5.75 Å². The maximum atomic E-state index is 11.5. The fourth-order valence-electron chi connectivity index (χ4n) is 2.11. The van der Waals surface area contributed by atoms with Crippen LogP contribution in [0.5, 0.6) is 5.75 Å². The lowest BCUT2D eigenvalue weighted by Gasteiger charge is -2.17. The molecule has 1 heterocycles. The van der Waals surface area contributed by atoms with Crippen molar-refractivity contribution in [1.29, 1.82) is 0 Å². The van der Waals surface area contributed by atoms with E-state index in [-0.39, 0.29) is 18.4 Å². The first kappa shape index (κ1) is 15.5. The predicted molar refractivity (Wildman–Crippen MR) is 83.4 cm³/mol. The van der Waals surface area contributed by atoms with E-state index in [1.807, 2.05) is 42.6 Å². The molecule has 0 spiro atoms. The van der Waals surface area contributed by atoms with Crippen molar-refractivity contribution < 1.29 is 14.6 Å². The predicted octanol–water partition coefficient (Wildman–Crippen LogP) is 3.16. The van der Waals surface area contributed by atoms with E-state index < -0.39 is 0 Å². The molecule has 0 fully saturated rings. The molecule has 5 heteroatoms. The van der Waals surface area contributed by atoms with Crippen molar-refractivity contribution in [2.75, 3.05) is 7.11 Å². The summed E-state index contributed by atoms with van der Waals surface area (Å²) < 4.78 is 4.75. The van der Waals surface area contributed by atoms with Crippen LogP contribution < -0.4 is 5.32 Å². The summed E-state index contributed by atoms with van der Waals surface area (Å²) in [6.45, 7) is 2.36. The molecule has 2 N–H and O–H groups in total. The third-order valence-electron chi connectivity index (χ3n) is 3.35. The number of hydrogen-bond donors (Lipinski definition) is 2. The lowest BCUT2D eigenvalue weighted by atomic mass is 10.1. The highest BCUT2D eigenvalue weighted by atomic mass is 32.1. The Morgan fingerprint density at radius 3 is 2.86 bits per heavy atom. The molecule has 2 rings (SSSR count). The number of carbonyl (C=O) groups excluding carboxylic acids is 1. The number of para-hydroxylation sites is 1. The van der Waals surface area contributed by atoms with Crippen LogP contribution in [0.15, 0.2) is 35.7 Å². The van der Waals surface area contributed by atoms with Gasteiger partial charge in [-0.25, -0.2) is 0 Å². The van der Waals surface area contributed by atoms with Crippen molar-refractivity contribution in [3.05, 3.63) is 51.7 Å². The molecule has 1 atom stereocenters. The molecule has 0 saturated heterocycles. The molecule has 1 aromatic carbocycles. The highest BCUT2D eigenvalue weighted by Crippen LogP contribution is 2.25. The number of phenols is 1. The Morgan fingerprint density at radius 1 is 1.38 bits per heavy atom. The third kappa shape index (κ3) is 4.06. The van der Waals surface area contributed by atoms with Crippen LogP contribution in [0.25, 0.3) is 0 Å². The summed E-state index contributed by atoms with van der Waals surface area (Å²) in [5.41, 5.74) is 1.66. The van der Waals surface area contributed by atoms with Gasteiger partial charge < -0.3 is 15.2 Å². The molecule has 0 aliphatic carbocycles. The molecule has 0 aliphatic rings.